The molecule has 2 aliphatic heterocycles. The van der Waals surface area contributed by atoms with E-state index in [1.807, 2.05) is 0 Å². The molecule has 1 aromatic carbocycles. The monoisotopic (exact) mass is 382 g/mol. The minimum atomic E-state index is -4.94. The summed E-state index contributed by atoms with van der Waals surface area (Å²) >= 11 is 0. The van der Waals surface area contributed by atoms with Gasteiger partial charge in [0, 0.05) is 26.2 Å². The molecule has 1 aromatic rings. The van der Waals surface area contributed by atoms with Crippen LogP contribution in [0.15, 0.2) is 12.1 Å². The molecular weight excluding hydrogens is 372 g/mol. The number of rotatable bonds is 2. The normalized spacial score (nSPS) is 23.0. The minimum absolute atomic E-state index is 0.0691. The molecule has 2 aliphatic rings. The number of halogens is 4. The van der Waals surface area contributed by atoms with Crippen LogP contribution in [0.3, 0.4) is 0 Å². The molecule has 0 saturated heterocycles. The molecule has 2 heterocycles. The zero-order valence-electron chi connectivity index (χ0n) is 12.6. The number of nitrogens with zero attached hydrogens (tertiary/aromatic N) is 3. The van der Waals surface area contributed by atoms with Crippen LogP contribution in [0.5, 0.6) is 11.5 Å². The molecule has 0 aliphatic carbocycles. The summed E-state index contributed by atoms with van der Waals surface area (Å²) in [5.41, 5.74) is -0.288. The lowest BCUT2D eigenvalue weighted by Gasteiger charge is -2.32. The highest BCUT2D eigenvalue weighted by atomic mass is 32.2. The van der Waals surface area contributed by atoms with Gasteiger partial charge in [0.05, 0.1) is 11.4 Å². The molecule has 0 amide bonds. The number of hydrogen-bond donors (Lipinski definition) is 1. The molecule has 0 fully saturated rings. The number of hydrogen-bond acceptors (Lipinski definition) is 6. The van der Waals surface area contributed by atoms with E-state index in [0.717, 1.165) is 16.4 Å². The van der Waals surface area contributed by atoms with Crippen molar-refractivity contribution in [3.05, 3.63) is 12.1 Å². The van der Waals surface area contributed by atoms with Crippen molar-refractivity contribution < 1.29 is 35.5 Å². The lowest BCUT2D eigenvalue weighted by atomic mass is 10.2. The summed E-state index contributed by atoms with van der Waals surface area (Å²) in [6, 6.07) is 3.33. The average molecular weight is 382 g/mol. The van der Waals surface area contributed by atoms with Gasteiger partial charge in [0.15, 0.2) is 11.5 Å². The predicted molar refractivity (Wildman–Crippen MR) is 75.7 cm³/mol. The lowest BCUT2D eigenvalue weighted by Crippen LogP contribution is -2.52. The molecule has 1 atom stereocenters. The second kappa shape index (κ2) is 5.02. The lowest BCUT2D eigenvalue weighted by molar-refractivity contribution is -0.391. The van der Waals surface area contributed by atoms with Gasteiger partial charge in [-0.1, -0.05) is 0 Å². The summed E-state index contributed by atoms with van der Waals surface area (Å²) in [6.07, 6.45) is -11.3. The Morgan fingerprint density at radius 1 is 1.20 bits per heavy atom. The molecule has 136 valence electrons. The van der Waals surface area contributed by atoms with Crippen molar-refractivity contribution in [3.63, 3.8) is 0 Å². The SMILES string of the molecule is CN(C)S(=O)(=O)N1c2cc3c(cc2NC1C#N)OC(F)(F)C(F)(F)O3. The Morgan fingerprint density at radius 3 is 2.20 bits per heavy atom. The number of nitriles is 1. The van der Waals surface area contributed by atoms with Crippen LogP contribution < -0.4 is 19.1 Å². The number of fused-ring (bicyclic) bond motifs is 2. The fourth-order valence-electron chi connectivity index (χ4n) is 2.26. The van der Waals surface area contributed by atoms with Crippen molar-refractivity contribution in [3.8, 4) is 17.6 Å². The van der Waals surface area contributed by atoms with Gasteiger partial charge >= 0.3 is 22.4 Å². The van der Waals surface area contributed by atoms with Crippen molar-refractivity contribution in [2.75, 3.05) is 23.7 Å². The number of benzene rings is 1. The van der Waals surface area contributed by atoms with E-state index in [1.165, 1.54) is 14.1 Å². The van der Waals surface area contributed by atoms with Crippen LogP contribution in [0, 0.1) is 11.3 Å². The molecule has 1 unspecified atom stereocenters. The van der Waals surface area contributed by atoms with Gasteiger partial charge in [-0.05, 0) is 0 Å². The van der Waals surface area contributed by atoms with E-state index >= 15 is 0 Å². The summed E-state index contributed by atoms with van der Waals surface area (Å²) in [4.78, 5) is 0. The summed E-state index contributed by atoms with van der Waals surface area (Å²) in [5.74, 6) is -1.50. The minimum Gasteiger partial charge on any atom is -0.421 e. The first kappa shape index (κ1) is 17.4. The first-order valence-electron chi connectivity index (χ1n) is 6.60. The molecule has 0 radical (unpaired) electrons. The van der Waals surface area contributed by atoms with Gasteiger partial charge in [0.25, 0.3) is 0 Å². The van der Waals surface area contributed by atoms with E-state index in [-0.39, 0.29) is 11.4 Å². The third kappa shape index (κ3) is 2.40. The van der Waals surface area contributed by atoms with Crippen LogP contribution in [0.25, 0.3) is 0 Å². The van der Waals surface area contributed by atoms with Crippen LogP contribution in [-0.4, -0.2) is 45.2 Å². The molecule has 25 heavy (non-hydrogen) atoms. The number of alkyl halides is 4. The third-order valence-electron chi connectivity index (χ3n) is 3.47. The Kier molecular flexibility index (Phi) is 3.49. The van der Waals surface area contributed by atoms with Gasteiger partial charge in [0.1, 0.15) is 6.07 Å². The highest BCUT2D eigenvalue weighted by Crippen LogP contribution is 2.51. The zero-order chi connectivity index (χ0) is 18.8. The van der Waals surface area contributed by atoms with Gasteiger partial charge in [-0.3, -0.25) is 0 Å². The molecule has 0 saturated carbocycles. The van der Waals surface area contributed by atoms with Crippen LogP contribution >= 0.6 is 0 Å². The first-order valence-corrected chi connectivity index (χ1v) is 8.00. The molecule has 0 aromatic heterocycles. The zero-order valence-corrected chi connectivity index (χ0v) is 13.4. The maximum atomic E-state index is 13.3. The molecule has 3 rings (SSSR count). The maximum absolute atomic E-state index is 13.3. The first-order chi connectivity index (χ1) is 11.4. The highest BCUT2D eigenvalue weighted by Gasteiger charge is 2.66. The summed E-state index contributed by atoms with van der Waals surface area (Å²) < 4.78 is 87.3. The second-order valence-electron chi connectivity index (χ2n) is 5.32. The molecule has 0 bridgehead atoms. The Labute approximate surface area is 139 Å². The van der Waals surface area contributed by atoms with Gasteiger partial charge < -0.3 is 14.8 Å². The summed E-state index contributed by atoms with van der Waals surface area (Å²) in [7, 11) is -1.77. The summed E-state index contributed by atoms with van der Waals surface area (Å²) in [6.45, 7) is 0. The molecule has 13 heteroatoms. The fraction of sp³-hybridized carbons (Fsp3) is 0.417. The van der Waals surface area contributed by atoms with E-state index in [2.05, 4.69) is 14.8 Å². The quantitative estimate of drug-likeness (QED) is 0.780. The van der Waals surface area contributed by atoms with Crippen molar-refractivity contribution >= 4 is 21.6 Å². The number of anilines is 2. The van der Waals surface area contributed by atoms with Crippen LogP contribution in [0.4, 0.5) is 28.9 Å². The largest absolute Gasteiger partial charge is 0.507 e. The second-order valence-corrected chi connectivity index (χ2v) is 7.34. The highest BCUT2D eigenvalue weighted by molar-refractivity contribution is 7.90. The molecule has 0 spiro atoms. The van der Waals surface area contributed by atoms with E-state index in [0.29, 0.717) is 4.31 Å². The van der Waals surface area contributed by atoms with Gasteiger partial charge in [0.2, 0.25) is 6.17 Å². The predicted octanol–water partition coefficient (Wildman–Crippen LogP) is 1.53. The smallest absolute Gasteiger partial charge is 0.421 e. The van der Waals surface area contributed by atoms with E-state index < -0.39 is 40.1 Å². The van der Waals surface area contributed by atoms with Crippen molar-refractivity contribution in [2.45, 2.75) is 18.4 Å². The molecule has 1 N–H and O–H groups in total. The van der Waals surface area contributed by atoms with Crippen molar-refractivity contribution in [2.24, 2.45) is 0 Å². The molecule has 8 nitrogen and oxygen atoms in total. The Hall–Kier alpha value is -2.46. The maximum Gasteiger partial charge on any atom is 0.507 e. The topological polar surface area (TPSA) is 94.9 Å². The molecular formula is C12H10F4N4O4S. The van der Waals surface area contributed by atoms with Crippen molar-refractivity contribution in [1.29, 1.82) is 5.26 Å². The fourth-order valence-corrected chi connectivity index (χ4v) is 3.38. The Balaban J connectivity index is 2.15. The van der Waals surface area contributed by atoms with Crippen LogP contribution in [0.2, 0.25) is 0 Å². The summed E-state index contributed by atoms with van der Waals surface area (Å²) in [5, 5.41) is 11.6. The number of ether oxygens (including phenoxy) is 2. The average Bonchev–Trinajstić information content (AvgIpc) is 2.83. The number of nitrogens with one attached hydrogen (secondary N) is 1. The Morgan fingerprint density at radius 2 is 1.72 bits per heavy atom. The van der Waals surface area contributed by atoms with E-state index in [1.54, 1.807) is 6.07 Å². The van der Waals surface area contributed by atoms with Crippen LogP contribution in [-0.2, 0) is 10.2 Å². The van der Waals surface area contributed by atoms with Gasteiger partial charge in [-0.2, -0.15) is 35.5 Å². The van der Waals surface area contributed by atoms with E-state index in [4.69, 9.17) is 5.26 Å². The van der Waals surface area contributed by atoms with Gasteiger partial charge in [-0.15, -0.1) is 0 Å². The van der Waals surface area contributed by atoms with Crippen LogP contribution in [0.1, 0.15) is 0 Å². The third-order valence-corrected chi connectivity index (χ3v) is 5.30. The standard InChI is InChI=1S/C12H10F4N4O4S/c1-19(2)25(21,22)20-7-4-9-8(3-6(7)18-10(20)5-17)23-11(13,14)12(15,16)24-9/h3-4,10,18H,1-2H3. The van der Waals surface area contributed by atoms with Gasteiger partial charge in [-0.25, -0.2) is 4.31 Å². The van der Waals surface area contributed by atoms with Crippen molar-refractivity contribution in [1.82, 2.24) is 4.31 Å². The van der Waals surface area contributed by atoms with E-state index in [9.17, 15) is 26.0 Å². The Bertz CT molecular complexity index is 884.